The maximum Gasteiger partial charge on any atom is 0.202 e. The Hall–Kier alpha value is -2.60. The van der Waals surface area contributed by atoms with Crippen molar-refractivity contribution >= 4 is 19.4 Å². The lowest BCUT2D eigenvalue weighted by molar-refractivity contribution is -0.162. The molecular formula is C34H50N4O3Si. The van der Waals surface area contributed by atoms with Gasteiger partial charge in [-0.3, -0.25) is 9.78 Å². The van der Waals surface area contributed by atoms with E-state index in [-0.39, 0.29) is 60.1 Å². The predicted molar refractivity (Wildman–Crippen MR) is 170 cm³/mol. The van der Waals surface area contributed by atoms with Crippen LogP contribution in [-0.2, 0) is 22.6 Å². The minimum atomic E-state index is -2.17. The highest BCUT2D eigenvalue weighted by molar-refractivity contribution is 6.76. The second kappa shape index (κ2) is 12.2. The molecule has 1 atom stereocenters. The first-order valence-corrected chi connectivity index (χ1v) is 18.7. The molecule has 2 aromatic heterocycles. The summed E-state index contributed by atoms with van der Waals surface area (Å²) in [5, 5.41) is 9.54. The summed E-state index contributed by atoms with van der Waals surface area (Å²) in [6.45, 7) is 19.2. The highest BCUT2D eigenvalue weighted by Gasteiger charge is 2.40. The molecular weight excluding hydrogens is 540 g/mol. The summed E-state index contributed by atoms with van der Waals surface area (Å²) in [7, 11) is -1.32. The molecule has 1 saturated heterocycles. The summed E-state index contributed by atoms with van der Waals surface area (Å²) in [6.07, 6.45) is -0.324. The number of ketones is 1. The lowest BCUT2D eigenvalue weighted by atomic mass is 9.76. The van der Waals surface area contributed by atoms with Crippen molar-refractivity contribution in [3.8, 4) is 6.07 Å². The zero-order valence-corrected chi connectivity index (χ0v) is 27.9. The molecule has 0 aromatic carbocycles. The highest BCUT2D eigenvalue weighted by atomic mass is 28.3. The van der Waals surface area contributed by atoms with E-state index in [1.165, 1.54) is 6.20 Å². The number of ether oxygens (including phenoxy) is 2. The van der Waals surface area contributed by atoms with Crippen LogP contribution in [0.2, 0.25) is 25.7 Å². The van der Waals surface area contributed by atoms with Crippen molar-refractivity contribution in [2.45, 2.75) is 130 Å². The van der Waals surface area contributed by atoms with Crippen molar-refractivity contribution < 1.29 is 19.8 Å². The van der Waals surface area contributed by atoms with E-state index in [0.717, 1.165) is 11.7 Å². The van der Waals surface area contributed by atoms with E-state index in [9.17, 15) is 10.1 Å². The van der Waals surface area contributed by atoms with Gasteiger partial charge in [-0.05, 0) is 88.4 Å². The second-order valence-electron chi connectivity index (χ2n) is 15.0. The first-order valence-electron chi connectivity index (χ1n) is 17.0. The molecule has 2 aliphatic rings. The van der Waals surface area contributed by atoms with E-state index < -0.39 is 37.5 Å². The van der Waals surface area contributed by atoms with Crippen molar-refractivity contribution in [2.24, 2.45) is 5.41 Å². The Morgan fingerprint density at radius 2 is 1.88 bits per heavy atom. The Morgan fingerprint density at radius 3 is 2.52 bits per heavy atom. The molecule has 7 nitrogen and oxygen atoms in total. The summed E-state index contributed by atoms with van der Waals surface area (Å²) in [4.78, 5) is 23.2. The van der Waals surface area contributed by atoms with E-state index in [2.05, 4.69) is 52.3 Å². The molecule has 0 amide bonds. The Kier molecular flexibility index (Phi) is 7.83. The molecule has 0 saturated carbocycles. The van der Waals surface area contributed by atoms with Gasteiger partial charge in [0.15, 0.2) is 11.5 Å². The van der Waals surface area contributed by atoms with Gasteiger partial charge in [-0.15, -0.1) is 0 Å². The van der Waals surface area contributed by atoms with Crippen LogP contribution in [0.4, 0.5) is 0 Å². The number of hydrogen-bond acceptors (Lipinski definition) is 6. The molecule has 0 bridgehead atoms. The summed E-state index contributed by atoms with van der Waals surface area (Å²) in [6, 6.07) is 6.76. The Labute approximate surface area is 259 Å². The number of imidazole rings is 1. The first kappa shape index (κ1) is 27.0. The predicted octanol–water partition coefficient (Wildman–Crippen LogP) is 7.93. The van der Waals surface area contributed by atoms with Crippen LogP contribution in [0.25, 0.3) is 5.57 Å². The van der Waals surface area contributed by atoms with Crippen LogP contribution in [0.5, 0.6) is 0 Å². The van der Waals surface area contributed by atoms with E-state index >= 15 is 0 Å². The van der Waals surface area contributed by atoms with Crippen LogP contribution in [0, 0.1) is 16.7 Å². The average Bonchev–Trinajstić information content (AvgIpc) is 3.31. The van der Waals surface area contributed by atoms with Crippen LogP contribution in [0.3, 0.4) is 0 Å². The molecule has 4 rings (SSSR count). The normalized spacial score (nSPS) is 24.7. The number of carbonyl (C=O) groups is 1. The fourth-order valence-corrected chi connectivity index (χ4v) is 6.57. The number of Topliss-reactive ketones (excluding diaryl/α,β-unsaturated/α-hetero) is 1. The maximum atomic E-state index is 13.9. The molecule has 0 spiro atoms. The monoisotopic (exact) mass is 594 g/mol. The smallest absolute Gasteiger partial charge is 0.202 e. The summed E-state index contributed by atoms with van der Waals surface area (Å²) < 4.78 is 49.8. The first-order chi connectivity index (χ1) is 21.1. The molecule has 1 unspecified atom stereocenters. The quantitative estimate of drug-likeness (QED) is 0.158. The van der Waals surface area contributed by atoms with Gasteiger partial charge in [0.1, 0.15) is 12.8 Å². The van der Waals surface area contributed by atoms with Gasteiger partial charge >= 0.3 is 0 Å². The number of allylic oxidation sites excluding steroid dienone is 2. The third-order valence-corrected chi connectivity index (χ3v) is 9.43. The fourth-order valence-electron chi connectivity index (χ4n) is 5.81. The Balaban J connectivity index is 1.77. The number of rotatable bonds is 10. The average molecular weight is 595 g/mol. The standard InChI is InChI=1S/C34H50N4O3Si/c1-32(2)14-12-24(13-15-32)30-25(10-11-28(37-30)26-19-33(3,4)41-34(5,6)20-26)18-29(39)31-36-27(21-35)22-38(31)23-40-16-17-42(7,8)9/h10-12,22,26H,13-20,23H2,1-9H3/i12D,13D2,15D. The van der Waals surface area contributed by atoms with E-state index in [0.29, 0.717) is 25.0 Å². The third-order valence-electron chi connectivity index (χ3n) is 7.73. The maximum absolute atomic E-state index is 13.9. The molecule has 0 radical (unpaired) electrons. The minimum absolute atomic E-state index is 0.0140. The summed E-state index contributed by atoms with van der Waals surface area (Å²) in [5.41, 5.74) is 0.0919. The molecule has 8 heteroatoms. The molecule has 2 aromatic rings. The van der Waals surface area contributed by atoms with Gasteiger partial charge in [0.25, 0.3) is 0 Å². The Morgan fingerprint density at radius 1 is 1.19 bits per heavy atom. The largest absolute Gasteiger partial charge is 0.370 e. The van der Waals surface area contributed by atoms with Gasteiger partial charge in [-0.2, -0.15) is 5.26 Å². The molecule has 1 aliphatic carbocycles. The molecule has 0 N–H and O–H groups in total. The van der Waals surface area contributed by atoms with Crippen molar-refractivity contribution in [3.05, 3.63) is 52.9 Å². The molecule has 42 heavy (non-hydrogen) atoms. The summed E-state index contributed by atoms with van der Waals surface area (Å²) >= 11 is 0. The number of hydrogen-bond donors (Lipinski definition) is 0. The van der Waals surface area contributed by atoms with Crippen LogP contribution in [-0.4, -0.2) is 46.2 Å². The highest BCUT2D eigenvalue weighted by Crippen LogP contribution is 2.44. The lowest BCUT2D eigenvalue weighted by Crippen LogP contribution is -2.44. The van der Waals surface area contributed by atoms with Gasteiger partial charge < -0.3 is 14.0 Å². The van der Waals surface area contributed by atoms with Gasteiger partial charge in [-0.1, -0.05) is 45.6 Å². The van der Waals surface area contributed by atoms with Crippen LogP contribution in [0.15, 0.2) is 24.4 Å². The van der Waals surface area contributed by atoms with Gasteiger partial charge in [0, 0.05) is 43.0 Å². The van der Waals surface area contributed by atoms with Crippen molar-refractivity contribution in [1.29, 1.82) is 5.26 Å². The molecule has 3 heterocycles. The fraction of sp³-hybridized carbons (Fsp3) is 0.647. The second-order valence-corrected chi connectivity index (χ2v) is 20.6. The number of carbonyl (C=O) groups excluding carboxylic acids is 1. The summed E-state index contributed by atoms with van der Waals surface area (Å²) in [5.74, 6) is -0.274. The van der Waals surface area contributed by atoms with E-state index in [4.69, 9.17) is 19.9 Å². The topological polar surface area (TPSA) is 90.0 Å². The van der Waals surface area contributed by atoms with Gasteiger partial charge in [0.2, 0.25) is 5.78 Å². The molecule has 228 valence electrons. The third kappa shape index (κ3) is 8.49. The van der Waals surface area contributed by atoms with Gasteiger partial charge in [-0.25, -0.2) is 4.98 Å². The minimum Gasteiger partial charge on any atom is -0.370 e. The van der Waals surface area contributed by atoms with E-state index in [1.807, 2.05) is 32.0 Å². The number of pyridine rings is 1. The zero-order valence-electron chi connectivity index (χ0n) is 30.9. The van der Waals surface area contributed by atoms with Crippen LogP contribution < -0.4 is 0 Å². The number of aromatic nitrogens is 3. The van der Waals surface area contributed by atoms with Crippen molar-refractivity contribution in [1.82, 2.24) is 14.5 Å². The molecule has 1 fully saturated rings. The van der Waals surface area contributed by atoms with Crippen LogP contribution >= 0.6 is 0 Å². The van der Waals surface area contributed by atoms with E-state index in [1.54, 1.807) is 4.57 Å². The zero-order chi connectivity index (χ0) is 34.5. The number of nitrogens with zero attached hydrogens (tertiary/aromatic N) is 4. The van der Waals surface area contributed by atoms with Gasteiger partial charge in [0.05, 0.1) is 18.3 Å². The van der Waals surface area contributed by atoms with Crippen LogP contribution in [0.1, 0.15) is 118 Å². The lowest BCUT2D eigenvalue weighted by Gasteiger charge is -2.45. The molecule has 1 aliphatic heterocycles. The van der Waals surface area contributed by atoms with Crippen molar-refractivity contribution in [3.63, 3.8) is 0 Å². The Bertz CT molecular complexity index is 1540. The SMILES string of the molecule is [2H]C1=C(c2nc(C3CC(C)(C)OC(C)(C)C3)ccc2CC(=O)c2nc(C#N)cn2COCC[Si](C)(C)C)C([2H])([2H])C([2H])C(C)(C)C1. The van der Waals surface area contributed by atoms with Crippen molar-refractivity contribution in [2.75, 3.05) is 6.61 Å². The number of nitriles is 1.